The van der Waals surface area contributed by atoms with Crippen molar-refractivity contribution in [2.45, 2.75) is 13.5 Å². The Labute approximate surface area is 125 Å². The van der Waals surface area contributed by atoms with E-state index >= 15 is 0 Å². The van der Waals surface area contributed by atoms with Gasteiger partial charge in [0.1, 0.15) is 16.6 Å². The fraction of sp³-hybridized carbons (Fsp3) is 0.200. The summed E-state index contributed by atoms with van der Waals surface area (Å²) in [4.78, 5) is 10.5. The van der Waals surface area contributed by atoms with Gasteiger partial charge in [0.05, 0.1) is 4.92 Å². The van der Waals surface area contributed by atoms with E-state index in [0.717, 1.165) is 11.5 Å². The molecule has 0 aliphatic heterocycles. The van der Waals surface area contributed by atoms with Crippen LogP contribution in [-0.2, 0) is 6.61 Å². The molecule has 0 atom stereocenters. The van der Waals surface area contributed by atoms with Gasteiger partial charge in [0.25, 0.3) is 0 Å². The number of nitrogens with zero attached hydrogens (tertiary/aromatic N) is 3. The lowest BCUT2D eigenvalue weighted by molar-refractivity contribution is -0.386. The summed E-state index contributed by atoms with van der Waals surface area (Å²) >= 11 is 10.1. The van der Waals surface area contributed by atoms with Crippen molar-refractivity contribution in [3.05, 3.63) is 42.3 Å². The lowest BCUT2D eigenvalue weighted by atomic mass is 10.2. The van der Waals surface area contributed by atoms with Gasteiger partial charge < -0.3 is 4.74 Å². The van der Waals surface area contributed by atoms with Crippen LogP contribution in [0.5, 0.6) is 5.75 Å². The molecule has 0 N–H and O–H groups in total. The molecule has 0 radical (unpaired) electrons. The van der Waals surface area contributed by atoms with Crippen molar-refractivity contribution >= 4 is 44.8 Å². The molecule has 6 nitrogen and oxygen atoms in total. The second kappa shape index (κ2) is 5.81. The minimum Gasteiger partial charge on any atom is -0.480 e. The molecule has 9 heteroatoms. The molecule has 0 saturated carbocycles. The summed E-state index contributed by atoms with van der Waals surface area (Å²) < 4.78 is 10.2. The summed E-state index contributed by atoms with van der Waals surface area (Å²) in [6.45, 7) is 1.77. The van der Waals surface area contributed by atoms with E-state index in [4.69, 9.17) is 16.3 Å². The summed E-state index contributed by atoms with van der Waals surface area (Å²) in [5.41, 5.74) is 1.01. The predicted octanol–water partition coefficient (Wildman–Crippen LogP) is 3.75. The number of rotatable bonds is 4. The topological polar surface area (TPSA) is 78.2 Å². The summed E-state index contributed by atoms with van der Waals surface area (Å²) in [5, 5.41) is 14.8. The predicted molar refractivity (Wildman–Crippen MR) is 74.8 cm³/mol. The third-order valence-corrected chi connectivity index (χ3v) is 3.72. The van der Waals surface area contributed by atoms with E-state index in [9.17, 15) is 10.1 Å². The van der Waals surface area contributed by atoms with E-state index < -0.39 is 4.92 Å². The second-order valence-corrected chi connectivity index (χ2v) is 5.88. The smallest absolute Gasteiger partial charge is 0.312 e. The number of nitro benzene ring substituents is 1. The molecule has 0 bridgehead atoms. The first-order valence-corrected chi connectivity index (χ1v) is 6.97. The number of hydrogen-bond donors (Lipinski definition) is 0. The highest BCUT2D eigenvalue weighted by Gasteiger charge is 2.20. The van der Waals surface area contributed by atoms with Crippen LogP contribution in [0, 0.1) is 17.0 Å². The minimum absolute atomic E-state index is 0.0403. The van der Waals surface area contributed by atoms with Gasteiger partial charge >= 0.3 is 5.69 Å². The molecule has 1 aromatic carbocycles. The molecular weight excluding hydrogens is 358 g/mol. The fourth-order valence-electron chi connectivity index (χ4n) is 1.46. The Morgan fingerprint density at radius 1 is 1.58 bits per heavy atom. The Hall–Kier alpha value is -1.25. The molecule has 1 heterocycles. The van der Waals surface area contributed by atoms with Gasteiger partial charge in [-0.15, -0.1) is 5.10 Å². The lowest BCUT2D eigenvalue weighted by Gasteiger charge is -2.08. The molecule has 0 fully saturated rings. The van der Waals surface area contributed by atoms with Crippen LogP contribution in [0.4, 0.5) is 5.69 Å². The van der Waals surface area contributed by atoms with E-state index in [1.54, 1.807) is 13.0 Å². The van der Waals surface area contributed by atoms with Crippen molar-refractivity contribution in [3.63, 3.8) is 0 Å². The van der Waals surface area contributed by atoms with Crippen LogP contribution in [-0.4, -0.2) is 14.5 Å². The van der Waals surface area contributed by atoms with Crippen LogP contribution in [0.1, 0.15) is 11.3 Å². The first-order valence-electron chi connectivity index (χ1n) is 5.03. The van der Waals surface area contributed by atoms with Crippen molar-refractivity contribution in [1.82, 2.24) is 9.59 Å². The van der Waals surface area contributed by atoms with E-state index in [-0.39, 0.29) is 18.0 Å². The molecule has 2 rings (SSSR count). The van der Waals surface area contributed by atoms with Gasteiger partial charge in [-0.3, -0.25) is 10.1 Å². The Morgan fingerprint density at radius 2 is 2.32 bits per heavy atom. The standard InChI is InChI=1S/C10H7BrClN3O3S/c1-5-2-6(11)3-8(15(16)17)9(5)18-4-7-10(12)19-14-13-7/h2-3H,4H2,1H3. The highest BCUT2D eigenvalue weighted by molar-refractivity contribution is 9.10. The number of benzene rings is 1. The lowest BCUT2D eigenvalue weighted by Crippen LogP contribution is -2.02. The summed E-state index contributed by atoms with van der Waals surface area (Å²) in [6.07, 6.45) is 0. The van der Waals surface area contributed by atoms with Crippen molar-refractivity contribution in [1.29, 1.82) is 0 Å². The zero-order valence-corrected chi connectivity index (χ0v) is 12.8. The average molecular weight is 365 g/mol. The Bertz CT molecular complexity index is 634. The number of hydrogen-bond acceptors (Lipinski definition) is 6. The molecule has 0 saturated heterocycles. The van der Waals surface area contributed by atoms with E-state index in [2.05, 4.69) is 25.5 Å². The van der Waals surface area contributed by atoms with Gasteiger partial charge in [-0.2, -0.15) is 0 Å². The normalized spacial score (nSPS) is 10.5. The van der Waals surface area contributed by atoms with Crippen LogP contribution in [0.2, 0.25) is 4.34 Å². The molecule has 0 aliphatic rings. The third-order valence-electron chi connectivity index (χ3n) is 2.28. The highest BCUT2D eigenvalue weighted by atomic mass is 79.9. The van der Waals surface area contributed by atoms with Gasteiger partial charge in [-0.05, 0) is 18.6 Å². The maximum atomic E-state index is 11.0. The summed E-state index contributed by atoms with van der Waals surface area (Å²) in [6, 6.07) is 3.13. The SMILES string of the molecule is Cc1cc(Br)cc([N+](=O)[O-])c1OCc1nnsc1Cl. The quantitative estimate of drug-likeness (QED) is 0.610. The highest BCUT2D eigenvalue weighted by Crippen LogP contribution is 2.35. The molecule has 0 amide bonds. The van der Waals surface area contributed by atoms with Crippen LogP contribution >= 0.6 is 39.1 Å². The molecule has 1 aromatic heterocycles. The van der Waals surface area contributed by atoms with Crippen LogP contribution < -0.4 is 4.74 Å². The van der Waals surface area contributed by atoms with Crippen molar-refractivity contribution in [3.8, 4) is 5.75 Å². The monoisotopic (exact) mass is 363 g/mol. The van der Waals surface area contributed by atoms with Gasteiger partial charge in [0, 0.05) is 22.1 Å². The van der Waals surface area contributed by atoms with Crippen LogP contribution in [0.15, 0.2) is 16.6 Å². The van der Waals surface area contributed by atoms with Crippen molar-refractivity contribution in [2.24, 2.45) is 0 Å². The first-order chi connectivity index (χ1) is 8.99. The Kier molecular flexibility index (Phi) is 4.33. The molecule has 0 spiro atoms. The largest absolute Gasteiger partial charge is 0.480 e. The van der Waals surface area contributed by atoms with Gasteiger partial charge in [0.15, 0.2) is 0 Å². The molecule has 0 aliphatic carbocycles. The van der Waals surface area contributed by atoms with Crippen LogP contribution in [0.25, 0.3) is 0 Å². The number of ether oxygens (including phenoxy) is 1. The van der Waals surface area contributed by atoms with E-state index in [0.29, 0.717) is 20.1 Å². The number of halogens is 2. The van der Waals surface area contributed by atoms with Gasteiger partial charge in [-0.1, -0.05) is 32.0 Å². The number of aromatic nitrogens is 2. The average Bonchev–Trinajstić information content (AvgIpc) is 2.73. The molecule has 0 unspecified atom stereocenters. The zero-order chi connectivity index (χ0) is 14.0. The minimum atomic E-state index is -0.492. The Morgan fingerprint density at radius 3 is 2.89 bits per heavy atom. The van der Waals surface area contributed by atoms with Crippen LogP contribution in [0.3, 0.4) is 0 Å². The number of nitro groups is 1. The maximum Gasteiger partial charge on any atom is 0.312 e. The third kappa shape index (κ3) is 3.20. The van der Waals surface area contributed by atoms with Crippen molar-refractivity contribution in [2.75, 3.05) is 0 Å². The zero-order valence-electron chi connectivity index (χ0n) is 9.59. The van der Waals surface area contributed by atoms with Gasteiger partial charge in [0.2, 0.25) is 5.75 Å². The van der Waals surface area contributed by atoms with E-state index in [1.807, 2.05) is 0 Å². The summed E-state index contributed by atoms with van der Waals surface area (Å²) in [7, 11) is 0. The van der Waals surface area contributed by atoms with Crippen molar-refractivity contribution < 1.29 is 9.66 Å². The second-order valence-electron chi connectivity index (χ2n) is 3.61. The molecule has 2 aromatic rings. The summed E-state index contributed by atoms with van der Waals surface area (Å²) in [5.74, 6) is 0.206. The number of aryl methyl sites for hydroxylation is 1. The Balaban J connectivity index is 2.29. The molecule has 100 valence electrons. The van der Waals surface area contributed by atoms with Gasteiger partial charge in [-0.25, -0.2) is 0 Å². The molecular formula is C10H7BrClN3O3S. The van der Waals surface area contributed by atoms with E-state index in [1.165, 1.54) is 6.07 Å². The molecule has 19 heavy (non-hydrogen) atoms. The maximum absolute atomic E-state index is 11.0. The first kappa shape index (κ1) is 14.2. The fourth-order valence-corrected chi connectivity index (χ4v) is 2.62.